The molecule has 1 aromatic heterocycles. The number of benzene rings is 1. The Morgan fingerprint density at radius 2 is 2.19 bits per heavy atom. The second-order valence-electron chi connectivity index (χ2n) is 8.78. The average molecular weight is 421 g/mol. The molecule has 1 atom stereocenters. The zero-order chi connectivity index (χ0) is 20.0. The first-order chi connectivity index (χ1) is 12.5. The van der Waals surface area contributed by atoms with Crippen LogP contribution < -0.4 is 4.80 Å². The quantitative estimate of drug-likeness (QED) is 0.663. The molecule has 2 aromatic rings. The van der Waals surface area contributed by atoms with E-state index in [9.17, 15) is 5.26 Å². The molecule has 0 radical (unpaired) electrons. The lowest BCUT2D eigenvalue weighted by Crippen LogP contribution is -2.19. The van der Waals surface area contributed by atoms with Gasteiger partial charge in [-0.3, -0.25) is 0 Å². The largest absolute Gasteiger partial charge is 0.303 e. The van der Waals surface area contributed by atoms with Crippen LogP contribution in [0.3, 0.4) is 0 Å². The van der Waals surface area contributed by atoms with Crippen LogP contribution >= 0.6 is 30.0 Å². The van der Waals surface area contributed by atoms with E-state index in [1.54, 1.807) is 0 Å². The highest BCUT2D eigenvalue weighted by atomic mass is 35.5. The van der Waals surface area contributed by atoms with Crippen LogP contribution in [0.5, 0.6) is 0 Å². The number of fused-ring (bicyclic) bond motifs is 1. The Labute approximate surface area is 170 Å². The van der Waals surface area contributed by atoms with Crippen molar-refractivity contribution >= 4 is 42.0 Å². The molecule has 1 unspecified atom stereocenters. The summed E-state index contributed by atoms with van der Waals surface area (Å²) < 4.78 is 6.81. The molecule has 2 heterocycles. The van der Waals surface area contributed by atoms with E-state index in [1.165, 1.54) is 11.5 Å². The van der Waals surface area contributed by atoms with Gasteiger partial charge in [-0.15, -0.1) is 6.89 Å². The van der Waals surface area contributed by atoms with Gasteiger partial charge in [-0.2, -0.15) is 9.64 Å². The minimum absolute atomic E-state index is 0.103. The molecule has 1 aliphatic rings. The number of aromatic nitrogens is 2. The van der Waals surface area contributed by atoms with Crippen molar-refractivity contribution in [3.05, 3.63) is 38.9 Å². The summed E-state index contributed by atoms with van der Waals surface area (Å²) in [4.78, 5) is 5.83. The molecule has 7 heteroatoms. The van der Waals surface area contributed by atoms with Crippen LogP contribution in [0.4, 0.5) is 5.69 Å². The zero-order valence-electron chi connectivity index (χ0n) is 16.6. The molecule has 0 bridgehead atoms. The number of nitrogens with zero attached hydrogens (tertiary/aromatic N) is 4. The van der Waals surface area contributed by atoms with Crippen LogP contribution in [0, 0.1) is 23.7 Å². The van der Waals surface area contributed by atoms with Crippen molar-refractivity contribution in [2.75, 3.05) is 13.3 Å². The molecular formula is C20H26ClN4PS. The number of hydrogen-bond acceptors (Lipinski definition) is 4. The van der Waals surface area contributed by atoms with E-state index in [0.717, 1.165) is 40.4 Å². The van der Waals surface area contributed by atoms with Crippen molar-refractivity contribution in [3.8, 4) is 6.07 Å². The molecule has 1 aliphatic heterocycles. The fourth-order valence-corrected chi connectivity index (χ4v) is 5.38. The van der Waals surface area contributed by atoms with Crippen LogP contribution in [0.25, 0.3) is 0 Å². The third-order valence-electron chi connectivity index (χ3n) is 4.99. The Kier molecular flexibility index (Phi) is 5.47. The molecule has 0 saturated heterocycles. The van der Waals surface area contributed by atoms with Gasteiger partial charge in [0.15, 0.2) is 0 Å². The second-order valence-corrected chi connectivity index (χ2v) is 14.1. The van der Waals surface area contributed by atoms with E-state index in [2.05, 4.69) is 48.5 Å². The SMILES string of the molecule is C=P(C)(C)C(C#N)Cc1cc(N=c2snc3n2CC(C)(C)C3)c(C)cc1Cl. The molecule has 0 N–H and O–H groups in total. The van der Waals surface area contributed by atoms with Gasteiger partial charge >= 0.3 is 0 Å². The van der Waals surface area contributed by atoms with Crippen molar-refractivity contribution in [2.24, 2.45) is 10.4 Å². The molecule has 1 aromatic carbocycles. The fraction of sp³-hybridized carbons (Fsp3) is 0.500. The Balaban J connectivity index is 2.02. The Morgan fingerprint density at radius 1 is 1.48 bits per heavy atom. The van der Waals surface area contributed by atoms with E-state index in [0.29, 0.717) is 11.4 Å². The number of nitriles is 1. The summed E-state index contributed by atoms with van der Waals surface area (Å²) in [6.07, 6.45) is 5.83. The molecule has 27 heavy (non-hydrogen) atoms. The second kappa shape index (κ2) is 7.24. The van der Waals surface area contributed by atoms with E-state index in [1.807, 2.05) is 19.1 Å². The molecule has 3 rings (SSSR count). The van der Waals surface area contributed by atoms with Crippen molar-refractivity contribution in [1.29, 1.82) is 5.26 Å². The normalized spacial score (nSPS) is 17.6. The average Bonchev–Trinajstić information content (AvgIpc) is 3.03. The van der Waals surface area contributed by atoms with Gasteiger partial charge in [0.1, 0.15) is 5.82 Å². The third-order valence-corrected chi connectivity index (χ3v) is 8.10. The van der Waals surface area contributed by atoms with E-state index in [4.69, 9.17) is 16.6 Å². The lowest BCUT2D eigenvalue weighted by Gasteiger charge is -2.20. The summed E-state index contributed by atoms with van der Waals surface area (Å²) >= 11 is 7.94. The van der Waals surface area contributed by atoms with Gasteiger partial charge in [0.25, 0.3) is 0 Å². The Bertz CT molecular complexity index is 1040. The maximum absolute atomic E-state index is 9.56. The van der Waals surface area contributed by atoms with Crippen LogP contribution in [0.1, 0.15) is 30.8 Å². The summed E-state index contributed by atoms with van der Waals surface area (Å²) in [5, 5.41) is 10.3. The van der Waals surface area contributed by atoms with E-state index >= 15 is 0 Å². The number of halogens is 1. The highest BCUT2D eigenvalue weighted by Crippen LogP contribution is 2.44. The van der Waals surface area contributed by atoms with Gasteiger partial charge in [-0.05, 0) is 55.3 Å². The van der Waals surface area contributed by atoms with Gasteiger partial charge in [0, 0.05) is 29.5 Å². The molecule has 0 aliphatic carbocycles. The first-order valence-corrected chi connectivity index (χ1v) is 13.1. The van der Waals surface area contributed by atoms with E-state index in [-0.39, 0.29) is 11.1 Å². The van der Waals surface area contributed by atoms with Crippen LogP contribution in [-0.4, -0.2) is 34.2 Å². The van der Waals surface area contributed by atoms with Crippen molar-refractivity contribution in [2.45, 2.75) is 45.8 Å². The molecule has 0 fully saturated rings. The van der Waals surface area contributed by atoms with Crippen molar-refractivity contribution in [3.63, 3.8) is 0 Å². The fourth-order valence-electron chi connectivity index (χ4n) is 3.32. The van der Waals surface area contributed by atoms with E-state index < -0.39 is 6.89 Å². The van der Waals surface area contributed by atoms with Crippen molar-refractivity contribution in [1.82, 2.24) is 8.94 Å². The standard InChI is InChI=1S/C20H26ClN4PS/c1-13-7-16(21)14(8-15(11-22)26(4,5)6)9-17(13)23-19-25-12-20(2,3)10-18(25)24-27-19/h7,9,15H,4,8,10,12H2,1-3,5-6H3. The van der Waals surface area contributed by atoms with Crippen LogP contribution in [0.2, 0.25) is 5.02 Å². The molecule has 0 saturated carbocycles. The lowest BCUT2D eigenvalue weighted by molar-refractivity contribution is 0.356. The highest BCUT2D eigenvalue weighted by molar-refractivity contribution is 7.73. The summed E-state index contributed by atoms with van der Waals surface area (Å²) in [5.74, 6) is 1.11. The first kappa shape index (κ1) is 20.4. The van der Waals surface area contributed by atoms with Gasteiger partial charge in [0.05, 0.1) is 17.4 Å². The summed E-state index contributed by atoms with van der Waals surface area (Å²) in [5.41, 5.74) is 3.02. The van der Waals surface area contributed by atoms with Crippen molar-refractivity contribution < 1.29 is 0 Å². The first-order valence-electron chi connectivity index (χ1n) is 8.97. The summed E-state index contributed by atoms with van der Waals surface area (Å²) in [7, 11) is 0. The topological polar surface area (TPSA) is 54.0 Å². The minimum atomic E-state index is -1.53. The summed E-state index contributed by atoms with van der Waals surface area (Å²) in [6, 6.07) is 6.41. The van der Waals surface area contributed by atoms with Crippen LogP contribution in [-0.2, 0) is 19.4 Å². The van der Waals surface area contributed by atoms with Gasteiger partial charge in [-0.25, -0.2) is 4.99 Å². The number of hydrogen-bond donors (Lipinski definition) is 0. The summed E-state index contributed by atoms with van der Waals surface area (Å²) in [6.45, 7) is 10.1. The molecule has 0 spiro atoms. The molecular weight excluding hydrogens is 395 g/mol. The van der Waals surface area contributed by atoms with Gasteiger partial charge in [-0.1, -0.05) is 31.7 Å². The number of aryl methyl sites for hydroxylation is 1. The predicted octanol–water partition coefficient (Wildman–Crippen LogP) is 4.87. The smallest absolute Gasteiger partial charge is 0.209 e. The highest BCUT2D eigenvalue weighted by Gasteiger charge is 2.30. The molecule has 144 valence electrons. The Hall–Kier alpha value is -1.34. The Morgan fingerprint density at radius 3 is 2.81 bits per heavy atom. The third kappa shape index (κ3) is 4.40. The van der Waals surface area contributed by atoms with Crippen LogP contribution in [0.15, 0.2) is 17.1 Å². The molecule has 4 nitrogen and oxygen atoms in total. The maximum atomic E-state index is 9.56. The molecule has 0 amide bonds. The van der Waals surface area contributed by atoms with Gasteiger partial charge in [0.2, 0.25) is 4.80 Å². The maximum Gasteiger partial charge on any atom is 0.209 e. The lowest BCUT2D eigenvalue weighted by atomic mass is 9.92. The van der Waals surface area contributed by atoms with Gasteiger partial charge < -0.3 is 4.57 Å². The predicted molar refractivity (Wildman–Crippen MR) is 118 cm³/mol. The zero-order valence-corrected chi connectivity index (χ0v) is 19.0. The monoisotopic (exact) mass is 420 g/mol. The minimum Gasteiger partial charge on any atom is -0.303 e. The number of rotatable bonds is 4.